The molecule has 2 rings (SSSR count). The third-order valence-electron chi connectivity index (χ3n) is 3.10. The standard InChI is InChI=1S/C17H17ClO2S/c1-2-11-21-16(17(19)20)14-5-3-12(4-6-14)13-7-9-15(18)10-8-13/h3-10,16H,2,11H2,1H3,(H,19,20). The van der Waals surface area contributed by atoms with Crippen molar-refractivity contribution in [3.05, 3.63) is 59.1 Å². The number of thioether (sulfide) groups is 1. The number of halogens is 1. The Labute approximate surface area is 134 Å². The number of hydrogen-bond acceptors (Lipinski definition) is 2. The summed E-state index contributed by atoms with van der Waals surface area (Å²) in [6, 6.07) is 15.3. The molecular weight excluding hydrogens is 304 g/mol. The minimum atomic E-state index is -0.785. The zero-order chi connectivity index (χ0) is 15.2. The maximum Gasteiger partial charge on any atom is 0.321 e. The molecule has 0 fully saturated rings. The number of carbonyl (C=O) groups is 1. The lowest BCUT2D eigenvalue weighted by atomic mass is 10.0. The first kappa shape index (κ1) is 15.9. The van der Waals surface area contributed by atoms with E-state index in [9.17, 15) is 9.90 Å². The molecule has 2 aromatic rings. The Morgan fingerprint density at radius 2 is 1.62 bits per heavy atom. The van der Waals surface area contributed by atoms with E-state index in [1.54, 1.807) is 0 Å². The first-order valence-electron chi connectivity index (χ1n) is 6.82. The van der Waals surface area contributed by atoms with Crippen molar-refractivity contribution in [2.24, 2.45) is 0 Å². The monoisotopic (exact) mass is 320 g/mol. The maximum absolute atomic E-state index is 11.4. The Morgan fingerprint density at radius 1 is 1.10 bits per heavy atom. The average Bonchev–Trinajstić information content (AvgIpc) is 2.49. The lowest BCUT2D eigenvalue weighted by molar-refractivity contribution is -0.136. The SMILES string of the molecule is CCCSC(C(=O)O)c1ccc(-c2ccc(Cl)cc2)cc1. The third-order valence-corrected chi connectivity index (χ3v) is 4.81. The maximum atomic E-state index is 11.4. The van der Waals surface area contributed by atoms with E-state index in [1.807, 2.05) is 48.5 Å². The quantitative estimate of drug-likeness (QED) is 0.787. The number of rotatable bonds is 6. The van der Waals surface area contributed by atoms with E-state index in [0.29, 0.717) is 5.02 Å². The highest BCUT2D eigenvalue weighted by Gasteiger charge is 2.19. The summed E-state index contributed by atoms with van der Waals surface area (Å²) in [5, 5.41) is 9.54. The van der Waals surface area contributed by atoms with Gasteiger partial charge in [0, 0.05) is 5.02 Å². The van der Waals surface area contributed by atoms with Crippen LogP contribution in [0.3, 0.4) is 0 Å². The van der Waals surface area contributed by atoms with E-state index < -0.39 is 11.2 Å². The highest BCUT2D eigenvalue weighted by molar-refractivity contribution is 8.00. The minimum absolute atomic E-state index is 0.496. The van der Waals surface area contributed by atoms with Gasteiger partial charge in [-0.05, 0) is 41.0 Å². The summed E-state index contributed by atoms with van der Waals surface area (Å²) in [6.07, 6.45) is 0.970. The highest BCUT2D eigenvalue weighted by atomic mass is 35.5. The molecule has 0 amide bonds. The van der Waals surface area contributed by atoms with Crippen LogP contribution >= 0.6 is 23.4 Å². The van der Waals surface area contributed by atoms with Gasteiger partial charge < -0.3 is 5.11 Å². The number of hydrogen-bond donors (Lipinski definition) is 1. The molecule has 21 heavy (non-hydrogen) atoms. The van der Waals surface area contributed by atoms with Crippen LogP contribution in [-0.4, -0.2) is 16.8 Å². The fourth-order valence-electron chi connectivity index (χ4n) is 2.04. The molecule has 2 aromatic carbocycles. The van der Waals surface area contributed by atoms with Crippen LogP contribution in [0.15, 0.2) is 48.5 Å². The zero-order valence-corrected chi connectivity index (χ0v) is 13.3. The molecule has 1 atom stereocenters. The molecule has 0 aromatic heterocycles. The molecule has 1 N–H and O–H groups in total. The second-order valence-corrected chi connectivity index (χ2v) is 6.37. The molecule has 0 aliphatic heterocycles. The summed E-state index contributed by atoms with van der Waals surface area (Å²) in [6.45, 7) is 2.05. The molecule has 4 heteroatoms. The van der Waals surface area contributed by atoms with Gasteiger partial charge in [-0.15, -0.1) is 11.8 Å². The smallest absolute Gasteiger partial charge is 0.321 e. The summed E-state index contributed by atoms with van der Waals surface area (Å²) >= 11 is 7.35. The topological polar surface area (TPSA) is 37.3 Å². The molecule has 2 nitrogen and oxygen atoms in total. The average molecular weight is 321 g/mol. The van der Waals surface area contributed by atoms with E-state index in [2.05, 4.69) is 6.92 Å². The van der Waals surface area contributed by atoms with Crippen LogP contribution in [-0.2, 0) is 4.79 Å². The summed E-state index contributed by atoms with van der Waals surface area (Å²) in [5.41, 5.74) is 2.96. The predicted octanol–water partition coefficient (Wildman–Crippen LogP) is 5.28. The largest absolute Gasteiger partial charge is 0.480 e. The van der Waals surface area contributed by atoms with Gasteiger partial charge in [-0.25, -0.2) is 0 Å². The van der Waals surface area contributed by atoms with Gasteiger partial charge in [-0.2, -0.15) is 0 Å². The Balaban J connectivity index is 2.20. The lowest BCUT2D eigenvalue weighted by Gasteiger charge is -2.12. The molecule has 0 aliphatic carbocycles. The lowest BCUT2D eigenvalue weighted by Crippen LogP contribution is -2.08. The second kappa shape index (κ2) is 7.53. The van der Waals surface area contributed by atoms with E-state index in [0.717, 1.165) is 28.9 Å². The van der Waals surface area contributed by atoms with Crippen molar-refractivity contribution in [1.29, 1.82) is 0 Å². The van der Waals surface area contributed by atoms with Crippen LogP contribution in [0, 0.1) is 0 Å². The molecule has 0 aliphatic rings. The summed E-state index contributed by atoms with van der Waals surface area (Å²) in [5.74, 6) is 0.0586. The summed E-state index contributed by atoms with van der Waals surface area (Å²) in [4.78, 5) is 11.4. The van der Waals surface area contributed by atoms with Crippen molar-refractivity contribution in [2.75, 3.05) is 5.75 Å². The van der Waals surface area contributed by atoms with Crippen LogP contribution < -0.4 is 0 Å². The van der Waals surface area contributed by atoms with Gasteiger partial charge in [0.05, 0.1) is 0 Å². The van der Waals surface area contributed by atoms with Crippen LogP contribution in [0.5, 0.6) is 0 Å². The Kier molecular flexibility index (Phi) is 5.71. The Hall–Kier alpha value is -1.45. The molecule has 0 radical (unpaired) electrons. The molecule has 0 spiro atoms. The molecular formula is C17H17ClO2S. The van der Waals surface area contributed by atoms with Gasteiger partial charge in [0.1, 0.15) is 5.25 Å². The van der Waals surface area contributed by atoms with Crippen LogP contribution in [0.2, 0.25) is 5.02 Å². The van der Waals surface area contributed by atoms with Gasteiger partial charge in [0.15, 0.2) is 0 Å². The molecule has 0 bridgehead atoms. The van der Waals surface area contributed by atoms with Gasteiger partial charge in [-0.3, -0.25) is 4.79 Å². The molecule has 0 saturated heterocycles. The van der Waals surface area contributed by atoms with E-state index in [4.69, 9.17) is 11.6 Å². The predicted molar refractivity (Wildman–Crippen MR) is 90.0 cm³/mol. The van der Waals surface area contributed by atoms with Gasteiger partial charge in [-0.1, -0.05) is 54.9 Å². The second-order valence-electron chi connectivity index (χ2n) is 4.72. The molecule has 110 valence electrons. The van der Waals surface area contributed by atoms with Crippen molar-refractivity contribution >= 4 is 29.3 Å². The van der Waals surface area contributed by atoms with Crippen LogP contribution in [0.25, 0.3) is 11.1 Å². The third kappa shape index (κ3) is 4.26. The summed E-state index contributed by atoms with van der Waals surface area (Å²) < 4.78 is 0. The first-order valence-corrected chi connectivity index (χ1v) is 8.25. The van der Waals surface area contributed by atoms with Crippen molar-refractivity contribution in [3.8, 4) is 11.1 Å². The van der Waals surface area contributed by atoms with Gasteiger partial charge in [0.25, 0.3) is 0 Å². The van der Waals surface area contributed by atoms with Crippen molar-refractivity contribution in [2.45, 2.75) is 18.6 Å². The van der Waals surface area contributed by atoms with Gasteiger partial charge in [0.2, 0.25) is 0 Å². The molecule has 0 heterocycles. The Morgan fingerprint density at radius 3 is 2.10 bits per heavy atom. The van der Waals surface area contributed by atoms with Crippen molar-refractivity contribution in [1.82, 2.24) is 0 Å². The van der Waals surface area contributed by atoms with E-state index >= 15 is 0 Å². The zero-order valence-electron chi connectivity index (χ0n) is 11.8. The van der Waals surface area contributed by atoms with E-state index in [1.165, 1.54) is 11.8 Å². The molecule has 1 unspecified atom stereocenters. The fraction of sp³-hybridized carbons (Fsp3) is 0.235. The number of carboxylic acids is 1. The summed E-state index contributed by atoms with van der Waals surface area (Å²) in [7, 11) is 0. The normalized spacial score (nSPS) is 12.1. The van der Waals surface area contributed by atoms with Crippen LogP contribution in [0.4, 0.5) is 0 Å². The van der Waals surface area contributed by atoms with Crippen LogP contribution in [0.1, 0.15) is 24.2 Å². The van der Waals surface area contributed by atoms with Crippen molar-refractivity contribution in [3.63, 3.8) is 0 Å². The highest BCUT2D eigenvalue weighted by Crippen LogP contribution is 2.31. The van der Waals surface area contributed by atoms with Crippen molar-refractivity contribution < 1.29 is 9.90 Å². The molecule has 0 saturated carbocycles. The number of aliphatic carboxylic acids is 1. The minimum Gasteiger partial charge on any atom is -0.480 e. The Bertz CT molecular complexity index is 593. The van der Waals surface area contributed by atoms with Gasteiger partial charge >= 0.3 is 5.97 Å². The first-order chi connectivity index (χ1) is 10.1. The van der Waals surface area contributed by atoms with E-state index in [-0.39, 0.29) is 0 Å². The number of carboxylic acid groups (broad SMARTS) is 1. The fourth-order valence-corrected chi connectivity index (χ4v) is 3.13. The number of benzene rings is 2.